The minimum atomic E-state index is -1.00. The van der Waals surface area contributed by atoms with Crippen LogP contribution in [-0.4, -0.2) is 70.2 Å². The van der Waals surface area contributed by atoms with Crippen molar-refractivity contribution in [1.82, 2.24) is 9.80 Å². The maximum absolute atomic E-state index is 15.0. The van der Waals surface area contributed by atoms with E-state index in [1.54, 1.807) is 12.1 Å². The Hall–Kier alpha value is -3.36. The first-order valence-corrected chi connectivity index (χ1v) is 20.6. The fraction of sp³-hybridized carbons (Fsp3) is 0.426. The van der Waals surface area contributed by atoms with E-state index in [1.807, 2.05) is 30.3 Å². The van der Waals surface area contributed by atoms with Gasteiger partial charge in [-0.3, -0.25) is 14.6 Å². The number of β-amino-alcohol motifs (C(OH)–C–C–N with tert-alkyl or cyclic N) is 1. The van der Waals surface area contributed by atoms with E-state index >= 15 is 0 Å². The second-order valence-corrected chi connectivity index (χ2v) is 17.3. The number of aliphatic hydroxyl groups excluding tert-OH is 1. The summed E-state index contributed by atoms with van der Waals surface area (Å²) in [6.45, 7) is 8.25. The maximum atomic E-state index is 15.0. The summed E-state index contributed by atoms with van der Waals surface area (Å²) in [5, 5.41) is 24.9. The minimum Gasteiger partial charge on any atom is -0.393 e. The van der Waals surface area contributed by atoms with Crippen LogP contribution in [0, 0.1) is 11.2 Å². The quantitative estimate of drug-likeness (QED) is 0.138. The molecule has 8 rings (SSSR count). The van der Waals surface area contributed by atoms with Gasteiger partial charge in [0.2, 0.25) is 0 Å². The van der Waals surface area contributed by atoms with E-state index in [0.29, 0.717) is 31.4 Å². The zero-order valence-corrected chi connectivity index (χ0v) is 33.5. The van der Waals surface area contributed by atoms with Gasteiger partial charge >= 0.3 is 0 Å². The molecular weight excluding hydrogens is 730 g/mol. The lowest BCUT2D eigenvalue weighted by molar-refractivity contribution is -0.0894. The topological polar surface area (TPSA) is 64.0 Å². The van der Waals surface area contributed by atoms with Gasteiger partial charge in [-0.05, 0) is 110 Å². The van der Waals surface area contributed by atoms with Crippen molar-refractivity contribution in [2.24, 2.45) is 5.41 Å². The van der Waals surface area contributed by atoms with Crippen LogP contribution in [0.1, 0.15) is 103 Å². The lowest BCUT2D eigenvalue weighted by atomic mass is 9.64. The molecule has 1 saturated heterocycles. The summed E-state index contributed by atoms with van der Waals surface area (Å²) >= 11 is 12.7. The zero-order valence-electron chi connectivity index (χ0n) is 32.0. The molecule has 55 heavy (non-hydrogen) atoms. The van der Waals surface area contributed by atoms with Gasteiger partial charge in [0.25, 0.3) is 0 Å². The number of nitrogens with zero attached hydrogens (tertiary/aromatic N) is 2. The van der Waals surface area contributed by atoms with Crippen LogP contribution < -0.4 is 0 Å². The summed E-state index contributed by atoms with van der Waals surface area (Å²) in [6.07, 6.45) is 6.27. The molecule has 1 saturated carbocycles. The van der Waals surface area contributed by atoms with Gasteiger partial charge in [0.05, 0.1) is 17.7 Å². The molecule has 5 nitrogen and oxygen atoms in total. The molecule has 0 radical (unpaired) electrons. The van der Waals surface area contributed by atoms with Crippen LogP contribution in [0.15, 0.2) is 103 Å². The van der Waals surface area contributed by atoms with Crippen LogP contribution in [0.2, 0.25) is 10.0 Å². The summed E-state index contributed by atoms with van der Waals surface area (Å²) < 4.78 is 15.0. The number of piperazine rings is 1. The van der Waals surface area contributed by atoms with Crippen molar-refractivity contribution >= 4 is 29.0 Å². The third-order valence-electron chi connectivity index (χ3n) is 12.9. The van der Waals surface area contributed by atoms with Crippen LogP contribution in [0.5, 0.6) is 0 Å². The molecule has 8 heteroatoms. The molecule has 1 heterocycles. The highest BCUT2D eigenvalue weighted by atomic mass is 35.5. The van der Waals surface area contributed by atoms with E-state index in [1.165, 1.54) is 22.8 Å². The Morgan fingerprint density at radius 2 is 1.64 bits per heavy atom. The number of hydrogen-bond donors (Lipinski definition) is 2. The van der Waals surface area contributed by atoms with E-state index < -0.39 is 22.9 Å². The molecule has 2 N–H and O–H groups in total. The Balaban J connectivity index is 1.17. The van der Waals surface area contributed by atoms with Gasteiger partial charge in [0.1, 0.15) is 5.82 Å². The number of Topliss-reactive ketones (excluding diaryl/α,β-unsaturated/α-hetero) is 1. The Morgan fingerprint density at radius 3 is 2.36 bits per heavy atom. The van der Waals surface area contributed by atoms with Crippen molar-refractivity contribution in [1.29, 1.82) is 0 Å². The molecule has 2 fully saturated rings. The summed E-state index contributed by atoms with van der Waals surface area (Å²) in [6, 6.07) is 29.4. The van der Waals surface area contributed by atoms with Gasteiger partial charge in [0.15, 0.2) is 5.78 Å². The van der Waals surface area contributed by atoms with E-state index in [4.69, 9.17) is 23.2 Å². The van der Waals surface area contributed by atoms with Gasteiger partial charge in [-0.15, -0.1) is 0 Å². The predicted molar refractivity (Wildman–Crippen MR) is 221 cm³/mol. The Morgan fingerprint density at radius 1 is 0.909 bits per heavy atom. The number of carbonyl (C=O) groups is 1. The first kappa shape index (κ1) is 39.9. The summed E-state index contributed by atoms with van der Waals surface area (Å²) in [5.74, 6) is -0.803. The van der Waals surface area contributed by atoms with E-state index in [2.05, 4.69) is 72.2 Å². The molecule has 3 aliphatic carbocycles. The molecular formula is C47H53Cl2FN2O3. The number of fused-ring (bicyclic) bond motifs is 8. The average Bonchev–Trinajstić information content (AvgIpc) is 3.42. The highest BCUT2D eigenvalue weighted by Gasteiger charge is 2.57. The van der Waals surface area contributed by atoms with Gasteiger partial charge in [-0.1, -0.05) is 102 Å². The van der Waals surface area contributed by atoms with Gasteiger partial charge < -0.3 is 10.2 Å². The van der Waals surface area contributed by atoms with Gasteiger partial charge in [-0.25, -0.2) is 4.39 Å². The Kier molecular flexibility index (Phi) is 12.3. The highest BCUT2D eigenvalue weighted by Crippen LogP contribution is 2.59. The lowest BCUT2D eigenvalue weighted by Gasteiger charge is -2.48. The standard InChI is InChI=1S/C47H53Cl2FN2O3/c1-32-8-7-22-46(2)41(38-20-14-33(28-37(53)19-13-32)29-39(38)44(54)30-40-42(49)11-6-12-43(40)50)21-23-47(46,55)31-51-24-26-52(27-25-51)45(34-9-4-3-5-10-34)35-15-17-36(48)18-16-35/h3-6,8-12,14-18,20,29,37,41,45,53,55H,7,13,19,21-28,30-31H2,1-2H3/t37-,41-,45?,46-,47+/m0/s1. The minimum absolute atomic E-state index is 0.100. The predicted octanol–water partition coefficient (Wildman–Crippen LogP) is 10.0. The second-order valence-electron chi connectivity index (χ2n) is 16.4. The molecule has 5 atom stereocenters. The normalized spacial score (nSPS) is 25.9. The third-order valence-corrected chi connectivity index (χ3v) is 13.5. The smallest absolute Gasteiger partial charge is 0.167 e. The number of halogens is 3. The van der Waals surface area contributed by atoms with Crippen molar-refractivity contribution in [2.45, 2.75) is 88.9 Å². The number of aliphatic hydroxyl groups is 2. The van der Waals surface area contributed by atoms with Crippen LogP contribution >= 0.6 is 23.2 Å². The molecule has 4 aromatic rings. The molecule has 0 spiro atoms. The summed E-state index contributed by atoms with van der Waals surface area (Å²) in [5.41, 5.74) is 4.64. The van der Waals surface area contributed by atoms with E-state index in [9.17, 15) is 19.4 Å². The van der Waals surface area contributed by atoms with Crippen molar-refractivity contribution < 1.29 is 19.4 Å². The number of benzene rings is 4. The van der Waals surface area contributed by atoms with E-state index in [0.717, 1.165) is 68.0 Å². The third kappa shape index (κ3) is 8.66. The number of hydrogen-bond acceptors (Lipinski definition) is 5. The molecule has 1 unspecified atom stereocenters. The fourth-order valence-corrected chi connectivity index (χ4v) is 10.00. The number of allylic oxidation sites excluding steroid dienone is 2. The number of carbonyl (C=O) groups excluding carboxylic acids is 1. The number of rotatable bonds is 8. The lowest BCUT2D eigenvalue weighted by Crippen LogP contribution is -2.56. The van der Waals surface area contributed by atoms with Crippen molar-refractivity contribution in [3.8, 4) is 0 Å². The van der Waals surface area contributed by atoms with Crippen molar-refractivity contribution in [3.05, 3.63) is 152 Å². The molecule has 0 aromatic heterocycles. The van der Waals surface area contributed by atoms with Crippen LogP contribution in [0.4, 0.5) is 4.39 Å². The molecule has 4 aromatic carbocycles. The molecule has 1 aliphatic heterocycles. The van der Waals surface area contributed by atoms with Gasteiger partial charge in [0, 0.05) is 65.7 Å². The summed E-state index contributed by atoms with van der Waals surface area (Å²) in [7, 11) is 0. The van der Waals surface area contributed by atoms with Crippen LogP contribution in [-0.2, 0) is 12.8 Å². The summed E-state index contributed by atoms with van der Waals surface area (Å²) in [4.78, 5) is 19.3. The fourth-order valence-electron chi connectivity index (χ4n) is 9.64. The zero-order chi connectivity index (χ0) is 38.7. The largest absolute Gasteiger partial charge is 0.393 e. The Bertz CT molecular complexity index is 1980. The van der Waals surface area contributed by atoms with Gasteiger partial charge in [-0.2, -0.15) is 0 Å². The molecule has 4 aliphatic rings. The van der Waals surface area contributed by atoms with Crippen molar-refractivity contribution in [2.75, 3.05) is 32.7 Å². The molecule has 290 valence electrons. The SMILES string of the molecule is CC1=CCC[C@@]2(C)[C@@H](CC[C@@]2(O)CN2CCN(C(c3ccccc3)c3ccc(Cl)cc3)CC2)c2ccc(cc2C(=O)Cc2c(F)cccc2Cl)C[C@@H](O)CC1. The van der Waals surface area contributed by atoms with Crippen LogP contribution in [0.25, 0.3) is 0 Å². The number of ketones is 1. The first-order chi connectivity index (χ1) is 26.4. The van der Waals surface area contributed by atoms with Crippen molar-refractivity contribution in [3.63, 3.8) is 0 Å². The molecule has 2 bridgehead atoms. The average molecular weight is 784 g/mol. The Labute approximate surface area is 335 Å². The second kappa shape index (κ2) is 17.0. The highest BCUT2D eigenvalue weighted by molar-refractivity contribution is 6.31. The first-order valence-electron chi connectivity index (χ1n) is 19.9. The maximum Gasteiger partial charge on any atom is 0.167 e. The van der Waals surface area contributed by atoms with E-state index in [-0.39, 0.29) is 34.7 Å². The van der Waals surface area contributed by atoms with Crippen LogP contribution in [0.3, 0.4) is 0 Å². The monoisotopic (exact) mass is 782 g/mol. The molecule has 0 amide bonds.